The third-order valence-electron chi connectivity index (χ3n) is 4.92. The fourth-order valence-corrected chi connectivity index (χ4v) is 3.76. The average Bonchev–Trinajstić information content (AvgIpc) is 3.11. The van der Waals surface area contributed by atoms with E-state index in [0.717, 1.165) is 40.6 Å². The van der Waals surface area contributed by atoms with Crippen molar-refractivity contribution in [3.8, 4) is 17.0 Å². The van der Waals surface area contributed by atoms with E-state index in [4.69, 9.17) is 4.98 Å². The number of fused-ring (bicyclic) bond motifs is 5. The summed E-state index contributed by atoms with van der Waals surface area (Å²) in [7, 11) is 0. The van der Waals surface area contributed by atoms with E-state index in [-0.39, 0.29) is 5.75 Å². The fourth-order valence-electron chi connectivity index (χ4n) is 3.76. The summed E-state index contributed by atoms with van der Waals surface area (Å²) in [5.74, 6) is 0.272. The summed E-state index contributed by atoms with van der Waals surface area (Å²) < 4.78 is 0. The lowest BCUT2D eigenvalue weighted by molar-refractivity contribution is 0.475. The number of aryl methyl sites for hydroxylation is 1. The van der Waals surface area contributed by atoms with Gasteiger partial charge in [0, 0.05) is 10.9 Å². The van der Waals surface area contributed by atoms with Crippen LogP contribution in [0.3, 0.4) is 0 Å². The minimum Gasteiger partial charge on any atom is -0.508 e. The number of pyridine rings is 1. The molecular weight excluding hydrogens is 300 g/mol. The van der Waals surface area contributed by atoms with Crippen molar-refractivity contribution < 1.29 is 5.11 Å². The molecule has 5 rings (SSSR count). The van der Waals surface area contributed by atoms with Crippen molar-refractivity contribution in [1.82, 2.24) is 20.4 Å². The van der Waals surface area contributed by atoms with Crippen molar-refractivity contribution in [2.75, 3.05) is 0 Å². The monoisotopic (exact) mass is 316 g/mol. The summed E-state index contributed by atoms with van der Waals surface area (Å²) in [6.45, 7) is 0. The van der Waals surface area contributed by atoms with Gasteiger partial charge < -0.3 is 5.11 Å². The molecule has 0 atom stereocenters. The highest BCUT2D eigenvalue weighted by atomic mass is 16.3. The molecule has 5 nitrogen and oxygen atoms in total. The lowest BCUT2D eigenvalue weighted by Gasteiger charge is -2.21. The number of H-pyrrole nitrogens is 1. The lowest BCUT2D eigenvalue weighted by atomic mass is 9.86. The first kappa shape index (κ1) is 13.5. The molecule has 118 valence electrons. The molecule has 2 aromatic heterocycles. The lowest BCUT2D eigenvalue weighted by Crippen LogP contribution is -2.07. The molecule has 0 amide bonds. The highest BCUT2D eigenvalue weighted by Crippen LogP contribution is 2.36. The number of benzene rings is 2. The molecule has 1 aliphatic carbocycles. The molecule has 0 aliphatic heterocycles. The SMILES string of the molecule is Oc1ccc(-c2nc3c(ccc4nn[nH]c43)c3c2CCCC3)cc1. The molecule has 0 unspecified atom stereocenters. The maximum absolute atomic E-state index is 9.59. The van der Waals surface area contributed by atoms with E-state index in [2.05, 4.69) is 21.5 Å². The minimum absolute atomic E-state index is 0.272. The second kappa shape index (κ2) is 5.03. The minimum atomic E-state index is 0.272. The van der Waals surface area contributed by atoms with Gasteiger partial charge in [0.25, 0.3) is 0 Å². The quantitative estimate of drug-likeness (QED) is 0.561. The summed E-state index contributed by atoms with van der Waals surface area (Å²) in [6.07, 6.45) is 4.53. The normalized spacial score (nSPS) is 14.2. The molecule has 24 heavy (non-hydrogen) atoms. The van der Waals surface area contributed by atoms with Crippen LogP contribution in [-0.2, 0) is 12.8 Å². The molecule has 4 aromatic rings. The summed E-state index contributed by atoms with van der Waals surface area (Å²) in [4.78, 5) is 5.00. The molecule has 0 radical (unpaired) electrons. The van der Waals surface area contributed by atoms with Gasteiger partial charge in [0.1, 0.15) is 16.8 Å². The maximum atomic E-state index is 9.59. The zero-order valence-electron chi connectivity index (χ0n) is 13.1. The van der Waals surface area contributed by atoms with Crippen molar-refractivity contribution in [1.29, 1.82) is 0 Å². The van der Waals surface area contributed by atoms with Crippen LogP contribution in [0.15, 0.2) is 36.4 Å². The van der Waals surface area contributed by atoms with Crippen molar-refractivity contribution in [3.63, 3.8) is 0 Å². The van der Waals surface area contributed by atoms with Gasteiger partial charge in [-0.15, -0.1) is 5.10 Å². The Labute approximate surface area is 138 Å². The Morgan fingerprint density at radius 1 is 0.917 bits per heavy atom. The van der Waals surface area contributed by atoms with Crippen LogP contribution < -0.4 is 0 Å². The molecule has 1 aliphatic rings. The third-order valence-corrected chi connectivity index (χ3v) is 4.92. The summed E-state index contributed by atoms with van der Waals surface area (Å²) >= 11 is 0. The summed E-state index contributed by atoms with van der Waals surface area (Å²) in [6, 6.07) is 11.4. The van der Waals surface area contributed by atoms with Crippen LogP contribution >= 0.6 is 0 Å². The van der Waals surface area contributed by atoms with Gasteiger partial charge >= 0.3 is 0 Å². The van der Waals surface area contributed by atoms with E-state index in [1.165, 1.54) is 29.4 Å². The second-order valence-corrected chi connectivity index (χ2v) is 6.34. The van der Waals surface area contributed by atoms with Gasteiger partial charge in [0.05, 0.1) is 11.2 Å². The smallest absolute Gasteiger partial charge is 0.115 e. The number of phenolic OH excluding ortho intramolecular Hbond substituents is 1. The average molecular weight is 316 g/mol. The van der Waals surface area contributed by atoms with Crippen LogP contribution in [0.4, 0.5) is 0 Å². The van der Waals surface area contributed by atoms with Gasteiger partial charge in [0.15, 0.2) is 0 Å². The standard InChI is InChI=1S/C19H16N4O/c24-12-7-5-11(6-8-12)17-14-4-2-1-3-13(14)15-9-10-16-19(18(15)20-17)22-23-21-16/h5-10,24H,1-4H2,(H,21,22,23). The Morgan fingerprint density at radius 3 is 2.54 bits per heavy atom. The number of hydrogen-bond donors (Lipinski definition) is 2. The molecular formula is C19H16N4O. The number of phenols is 1. The van der Waals surface area contributed by atoms with E-state index < -0.39 is 0 Å². The number of nitrogens with one attached hydrogen (secondary N) is 1. The molecule has 0 saturated heterocycles. The Balaban J connectivity index is 1.89. The molecule has 2 aromatic carbocycles. The number of aromatic hydroxyl groups is 1. The molecule has 0 bridgehead atoms. The van der Waals surface area contributed by atoms with Crippen LogP contribution in [0.5, 0.6) is 5.75 Å². The highest BCUT2D eigenvalue weighted by molar-refractivity contribution is 6.04. The Bertz CT molecular complexity index is 1070. The zero-order chi connectivity index (χ0) is 16.1. The van der Waals surface area contributed by atoms with Crippen molar-refractivity contribution in [2.45, 2.75) is 25.7 Å². The zero-order valence-corrected chi connectivity index (χ0v) is 13.1. The predicted octanol–water partition coefficient (Wildman–Crippen LogP) is 3.76. The molecule has 0 saturated carbocycles. The summed E-state index contributed by atoms with van der Waals surface area (Å²) in [5, 5.41) is 21.8. The van der Waals surface area contributed by atoms with Gasteiger partial charge in [-0.3, -0.25) is 5.10 Å². The van der Waals surface area contributed by atoms with E-state index in [1.54, 1.807) is 12.1 Å². The number of rotatable bonds is 1. The first-order valence-electron chi connectivity index (χ1n) is 8.26. The van der Waals surface area contributed by atoms with Gasteiger partial charge in [-0.05, 0) is 67.1 Å². The molecule has 2 N–H and O–H groups in total. The second-order valence-electron chi connectivity index (χ2n) is 6.34. The van der Waals surface area contributed by atoms with Crippen molar-refractivity contribution in [3.05, 3.63) is 47.5 Å². The number of nitrogens with zero attached hydrogens (tertiary/aromatic N) is 3. The van der Waals surface area contributed by atoms with Gasteiger partial charge in [0.2, 0.25) is 0 Å². The number of aromatic nitrogens is 4. The highest BCUT2D eigenvalue weighted by Gasteiger charge is 2.20. The van der Waals surface area contributed by atoms with Crippen LogP contribution in [0, 0.1) is 0 Å². The Hall–Kier alpha value is -2.95. The van der Waals surface area contributed by atoms with Crippen LogP contribution in [-0.4, -0.2) is 25.5 Å². The van der Waals surface area contributed by atoms with Crippen LogP contribution in [0.25, 0.3) is 33.2 Å². The molecule has 5 heteroatoms. The van der Waals surface area contributed by atoms with E-state index >= 15 is 0 Å². The van der Waals surface area contributed by atoms with Crippen LogP contribution in [0.2, 0.25) is 0 Å². The van der Waals surface area contributed by atoms with E-state index in [0.29, 0.717) is 0 Å². The molecule has 2 heterocycles. The Kier molecular flexibility index (Phi) is 2.82. The number of hydrogen-bond acceptors (Lipinski definition) is 4. The largest absolute Gasteiger partial charge is 0.508 e. The van der Waals surface area contributed by atoms with E-state index in [1.807, 2.05) is 18.2 Å². The van der Waals surface area contributed by atoms with Gasteiger partial charge in [-0.1, -0.05) is 11.3 Å². The molecule has 0 spiro atoms. The van der Waals surface area contributed by atoms with E-state index in [9.17, 15) is 5.11 Å². The fraction of sp³-hybridized carbons (Fsp3) is 0.211. The van der Waals surface area contributed by atoms with Gasteiger partial charge in [-0.2, -0.15) is 0 Å². The first-order valence-corrected chi connectivity index (χ1v) is 8.26. The summed E-state index contributed by atoms with van der Waals surface area (Å²) in [5.41, 5.74) is 7.44. The van der Waals surface area contributed by atoms with Crippen molar-refractivity contribution in [2.24, 2.45) is 0 Å². The third kappa shape index (κ3) is 1.91. The first-order chi connectivity index (χ1) is 11.8. The topological polar surface area (TPSA) is 74.7 Å². The van der Waals surface area contributed by atoms with Crippen LogP contribution in [0.1, 0.15) is 24.0 Å². The maximum Gasteiger partial charge on any atom is 0.115 e. The van der Waals surface area contributed by atoms with Gasteiger partial charge in [-0.25, -0.2) is 4.98 Å². The Morgan fingerprint density at radius 2 is 1.71 bits per heavy atom. The van der Waals surface area contributed by atoms with Crippen molar-refractivity contribution >= 4 is 21.9 Å². The molecule has 0 fully saturated rings. The number of aromatic amines is 1. The predicted molar refractivity (Wildman–Crippen MR) is 92.9 cm³/mol.